The number of aliphatic hydroxyl groups excluding tert-OH is 1. The fourth-order valence-electron chi connectivity index (χ4n) is 1.57. The lowest BCUT2D eigenvalue weighted by Gasteiger charge is -2.13. The van der Waals surface area contributed by atoms with Crippen molar-refractivity contribution in [3.63, 3.8) is 0 Å². The van der Waals surface area contributed by atoms with E-state index in [-0.39, 0.29) is 12.5 Å². The molecule has 1 N–H and O–H groups in total. The average molecular weight is 290 g/mol. The molecule has 0 fully saturated rings. The fourth-order valence-corrected chi connectivity index (χ4v) is 2.44. The van der Waals surface area contributed by atoms with Crippen molar-refractivity contribution in [1.29, 1.82) is 0 Å². The number of carbonyl (C=O) groups excluding carboxylic acids is 1. The molecule has 0 saturated carbocycles. The normalized spacial score (nSPS) is 9.90. The third kappa shape index (κ3) is 3.70. The van der Waals surface area contributed by atoms with Gasteiger partial charge in [0.25, 0.3) is 5.91 Å². The highest BCUT2D eigenvalue weighted by molar-refractivity contribution is 7.10. The Balaban J connectivity index is 1.97. The predicted octanol–water partition coefficient (Wildman–Crippen LogP) is 1.74. The van der Waals surface area contributed by atoms with Crippen molar-refractivity contribution in [2.24, 2.45) is 0 Å². The van der Waals surface area contributed by atoms with E-state index in [2.05, 4.69) is 21.5 Å². The zero-order chi connectivity index (χ0) is 14.4. The third-order valence-electron chi connectivity index (χ3n) is 2.52. The van der Waals surface area contributed by atoms with Crippen LogP contribution in [0.5, 0.6) is 0 Å². The largest absolute Gasteiger partial charge is 0.395 e. The first kappa shape index (κ1) is 14.3. The van der Waals surface area contributed by atoms with Gasteiger partial charge in [0.15, 0.2) is 5.69 Å². The van der Waals surface area contributed by atoms with Crippen molar-refractivity contribution < 1.29 is 14.4 Å². The van der Waals surface area contributed by atoms with Crippen LogP contribution in [0.25, 0.3) is 0 Å². The molecular weight excluding hydrogens is 276 g/mol. The monoisotopic (exact) mass is 290 g/mol. The molecule has 0 aliphatic heterocycles. The second kappa shape index (κ2) is 6.89. The summed E-state index contributed by atoms with van der Waals surface area (Å²) in [5, 5.41) is 14.2. The van der Waals surface area contributed by atoms with E-state index in [4.69, 9.17) is 5.11 Å². The maximum Gasteiger partial charge on any atom is 0.276 e. The van der Waals surface area contributed by atoms with Gasteiger partial charge in [0.1, 0.15) is 6.26 Å². The number of thiophene rings is 1. The van der Waals surface area contributed by atoms with Crippen LogP contribution in [0.1, 0.15) is 27.3 Å². The maximum absolute atomic E-state index is 12.0. The Morgan fingerprint density at radius 2 is 2.45 bits per heavy atom. The van der Waals surface area contributed by atoms with Gasteiger partial charge in [-0.3, -0.25) is 4.79 Å². The Hall–Kier alpha value is -2.10. The Kier molecular flexibility index (Phi) is 4.93. The van der Waals surface area contributed by atoms with Gasteiger partial charge in [-0.25, -0.2) is 0 Å². The number of rotatable bonds is 4. The lowest BCUT2D eigenvalue weighted by atomic mass is 10.3. The summed E-state index contributed by atoms with van der Waals surface area (Å²) in [6.07, 6.45) is 1.84. The summed E-state index contributed by atoms with van der Waals surface area (Å²) in [7, 11) is 1.72. The molecule has 6 heteroatoms. The van der Waals surface area contributed by atoms with Crippen molar-refractivity contribution in [2.75, 3.05) is 13.7 Å². The van der Waals surface area contributed by atoms with Crippen LogP contribution in [0.4, 0.5) is 0 Å². The Morgan fingerprint density at radius 3 is 3.15 bits per heavy atom. The highest BCUT2D eigenvalue weighted by Crippen LogP contribution is 2.16. The van der Waals surface area contributed by atoms with E-state index in [0.29, 0.717) is 18.7 Å². The first-order valence-corrected chi connectivity index (χ1v) is 6.91. The summed E-state index contributed by atoms with van der Waals surface area (Å²) in [5.74, 6) is 5.65. The Morgan fingerprint density at radius 1 is 1.60 bits per heavy atom. The quantitative estimate of drug-likeness (QED) is 0.871. The third-order valence-corrected chi connectivity index (χ3v) is 3.44. The van der Waals surface area contributed by atoms with E-state index in [9.17, 15) is 4.79 Å². The van der Waals surface area contributed by atoms with Crippen molar-refractivity contribution in [2.45, 2.75) is 13.0 Å². The van der Waals surface area contributed by atoms with Gasteiger partial charge in [-0.1, -0.05) is 17.0 Å². The molecule has 0 aromatic carbocycles. The lowest BCUT2D eigenvalue weighted by molar-refractivity contribution is 0.0776. The van der Waals surface area contributed by atoms with Crippen LogP contribution in [0.15, 0.2) is 28.3 Å². The number of nitrogens with zero attached hydrogens (tertiary/aromatic N) is 2. The molecule has 0 spiro atoms. The minimum atomic E-state index is -0.180. The Labute approximate surface area is 120 Å². The molecule has 0 atom stereocenters. The van der Waals surface area contributed by atoms with E-state index in [1.165, 1.54) is 6.26 Å². The number of amides is 1. The molecule has 0 aliphatic rings. The first-order chi connectivity index (χ1) is 9.70. The molecule has 0 unspecified atom stereocenters. The molecule has 0 aliphatic carbocycles. The van der Waals surface area contributed by atoms with E-state index < -0.39 is 0 Å². The molecular formula is C14H14N2O3S. The summed E-state index contributed by atoms with van der Waals surface area (Å²) < 4.78 is 4.66. The zero-order valence-corrected chi connectivity index (χ0v) is 11.8. The molecule has 2 rings (SSSR count). The van der Waals surface area contributed by atoms with Gasteiger partial charge in [0, 0.05) is 35.4 Å². The van der Waals surface area contributed by atoms with E-state index >= 15 is 0 Å². The van der Waals surface area contributed by atoms with Gasteiger partial charge >= 0.3 is 0 Å². The molecule has 104 valence electrons. The van der Waals surface area contributed by atoms with Crippen LogP contribution in [-0.2, 0) is 6.54 Å². The number of hydrogen-bond acceptors (Lipinski definition) is 5. The first-order valence-electron chi connectivity index (χ1n) is 6.03. The molecule has 2 aromatic heterocycles. The Bertz CT molecular complexity index is 622. The molecule has 1 amide bonds. The molecule has 0 bridgehead atoms. The molecule has 20 heavy (non-hydrogen) atoms. The van der Waals surface area contributed by atoms with Gasteiger partial charge in [-0.2, -0.15) is 0 Å². The van der Waals surface area contributed by atoms with Gasteiger partial charge in [-0.05, 0) is 6.07 Å². The maximum atomic E-state index is 12.0. The van der Waals surface area contributed by atoms with Crippen LogP contribution in [-0.4, -0.2) is 34.7 Å². The van der Waals surface area contributed by atoms with Crippen molar-refractivity contribution in [3.8, 4) is 11.8 Å². The number of aromatic nitrogens is 1. The van der Waals surface area contributed by atoms with Crippen molar-refractivity contribution >= 4 is 17.2 Å². The second-order valence-electron chi connectivity index (χ2n) is 4.12. The van der Waals surface area contributed by atoms with Crippen LogP contribution in [0.3, 0.4) is 0 Å². The summed E-state index contributed by atoms with van der Waals surface area (Å²) in [4.78, 5) is 14.6. The minimum Gasteiger partial charge on any atom is -0.395 e. The van der Waals surface area contributed by atoms with Crippen LogP contribution >= 0.6 is 11.3 Å². The molecule has 2 aromatic rings. The van der Waals surface area contributed by atoms with Crippen molar-refractivity contribution in [1.82, 2.24) is 10.1 Å². The topological polar surface area (TPSA) is 66.6 Å². The molecule has 0 radical (unpaired) electrons. The van der Waals surface area contributed by atoms with Crippen molar-refractivity contribution in [3.05, 3.63) is 39.9 Å². The van der Waals surface area contributed by atoms with Crippen LogP contribution in [0, 0.1) is 11.8 Å². The lowest BCUT2D eigenvalue weighted by Crippen LogP contribution is -2.26. The fraction of sp³-hybridized carbons (Fsp3) is 0.286. The van der Waals surface area contributed by atoms with Gasteiger partial charge in [0.05, 0.1) is 13.2 Å². The smallest absolute Gasteiger partial charge is 0.276 e. The summed E-state index contributed by atoms with van der Waals surface area (Å²) in [6.45, 7) is 0.566. The molecule has 5 nitrogen and oxygen atoms in total. The average Bonchev–Trinajstić information content (AvgIpc) is 3.09. The van der Waals surface area contributed by atoms with Gasteiger partial charge in [0.2, 0.25) is 0 Å². The standard InChI is InChI=1S/C14H14N2O3S/c1-16(14(18)13-5-7-19-15-13)9-12-8-11(10-20-12)4-2-3-6-17/h5,7-8,10,17H,3,6,9H2,1H3. The van der Waals surface area contributed by atoms with E-state index in [0.717, 1.165) is 10.4 Å². The van der Waals surface area contributed by atoms with Crippen LogP contribution in [0.2, 0.25) is 0 Å². The molecule has 0 saturated heterocycles. The summed E-state index contributed by atoms with van der Waals surface area (Å²) >= 11 is 1.55. The number of hydrogen-bond donors (Lipinski definition) is 1. The SMILES string of the molecule is CN(Cc1cc(C#CCCO)cs1)C(=O)c1ccon1. The predicted molar refractivity (Wildman–Crippen MR) is 75.2 cm³/mol. The minimum absolute atomic E-state index is 0.0684. The highest BCUT2D eigenvalue weighted by Gasteiger charge is 2.15. The van der Waals surface area contributed by atoms with E-state index in [1.54, 1.807) is 29.4 Å². The highest BCUT2D eigenvalue weighted by atomic mass is 32.1. The number of aliphatic hydroxyl groups is 1. The van der Waals surface area contributed by atoms with Crippen LogP contribution < -0.4 is 0 Å². The second-order valence-corrected chi connectivity index (χ2v) is 5.12. The molecule has 2 heterocycles. The number of carbonyl (C=O) groups is 1. The zero-order valence-electron chi connectivity index (χ0n) is 11.0. The van der Waals surface area contributed by atoms with Gasteiger partial charge in [-0.15, -0.1) is 11.3 Å². The summed E-state index contributed by atoms with van der Waals surface area (Å²) in [6, 6.07) is 3.49. The van der Waals surface area contributed by atoms with E-state index in [1.807, 2.05) is 11.4 Å². The van der Waals surface area contributed by atoms with Gasteiger partial charge < -0.3 is 14.5 Å². The summed E-state index contributed by atoms with van der Waals surface area (Å²) in [5.41, 5.74) is 1.20.